The number of rotatable bonds is 1. The molecule has 150 valence electrons. The number of nitrogens with one attached hydrogen (secondary N) is 2. The molecule has 0 unspecified atom stereocenters. The smallest absolute Gasteiger partial charge is 0.317 e. The first-order valence-electron chi connectivity index (χ1n) is 11.5. The molecule has 0 atom stereocenters. The highest BCUT2D eigenvalue weighted by molar-refractivity contribution is 5.75. The SMILES string of the molecule is O=C(NC1C2CC3CC(C2)CC1C3)N1CCC2(CC1)CNCc1ccccc12. The minimum atomic E-state index is 0.212. The number of amides is 2. The molecule has 5 fully saturated rings. The topological polar surface area (TPSA) is 44.4 Å². The Morgan fingerprint density at radius 2 is 1.68 bits per heavy atom. The fourth-order valence-corrected chi connectivity index (χ4v) is 7.70. The summed E-state index contributed by atoms with van der Waals surface area (Å²) in [5.41, 5.74) is 3.18. The van der Waals surface area contributed by atoms with Crippen molar-refractivity contribution in [3.8, 4) is 0 Å². The average molecular weight is 380 g/mol. The van der Waals surface area contributed by atoms with E-state index in [1.54, 1.807) is 0 Å². The van der Waals surface area contributed by atoms with Crippen molar-refractivity contribution in [3.63, 3.8) is 0 Å². The molecule has 0 aromatic heterocycles. The largest absolute Gasteiger partial charge is 0.335 e. The summed E-state index contributed by atoms with van der Waals surface area (Å²) in [4.78, 5) is 15.2. The van der Waals surface area contributed by atoms with Gasteiger partial charge in [-0.15, -0.1) is 0 Å². The lowest BCUT2D eigenvalue weighted by Gasteiger charge is -2.54. The van der Waals surface area contributed by atoms with E-state index in [0.29, 0.717) is 6.04 Å². The molecule has 1 aromatic carbocycles. The molecule has 0 radical (unpaired) electrons. The molecule has 2 amide bonds. The normalized spacial score (nSPS) is 37.7. The first-order valence-corrected chi connectivity index (χ1v) is 11.5. The van der Waals surface area contributed by atoms with Crippen LogP contribution in [0.3, 0.4) is 0 Å². The van der Waals surface area contributed by atoms with Crippen LogP contribution in [0.4, 0.5) is 4.79 Å². The van der Waals surface area contributed by atoms with Gasteiger partial charge in [0.15, 0.2) is 0 Å². The third kappa shape index (κ3) is 2.71. The van der Waals surface area contributed by atoms with Crippen molar-refractivity contribution in [1.29, 1.82) is 0 Å². The van der Waals surface area contributed by atoms with E-state index in [1.165, 1.54) is 43.2 Å². The number of urea groups is 1. The van der Waals surface area contributed by atoms with E-state index >= 15 is 0 Å². The van der Waals surface area contributed by atoms with Gasteiger partial charge in [0.2, 0.25) is 0 Å². The Kier molecular flexibility index (Phi) is 4.01. The summed E-state index contributed by atoms with van der Waals surface area (Å²) in [5, 5.41) is 7.14. The lowest BCUT2D eigenvalue weighted by molar-refractivity contribution is -0.0115. The highest BCUT2D eigenvalue weighted by atomic mass is 16.2. The van der Waals surface area contributed by atoms with Gasteiger partial charge in [-0.05, 0) is 79.7 Å². The van der Waals surface area contributed by atoms with Crippen LogP contribution in [0.15, 0.2) is 24.3 Å². The zero-order valence-corrected chi connectivity index (χ0v) is 16.8. The van der Waals surface area contributed by atoms with Crippen LogP contribution in [0.5, 0.6) is 0 Å². The molecular weight excluding hydrogens is 346 g/mol. The van der Waals surface area contributed by atoms with Gasteiger partial charge >= 0.3 is 6.03 Å². The lowest BCUT2D eigenvalue weighted by atomic mass is 9.54. The Labute approximate surface area is 168 Å². The van der Waals surface area contributed by atoms with Crippen molar-refractivity contribution >= 4 is 6.03 Å². The lowest BCUT2D eigenvalue weighted by Crippen LogP contribution is -2.59. The molecule has 7 rings (SSSR count). The molecule has 1 saturated heterocycles. The van der Waals surface area contributed by atoms with Gasteiger partial charge in [0.25, 0.3) is 0 Å². The van der Waals surface area contributed by atoms with Crippen LogP contribution in [0.25, 0.3) is 0 Å². The number of fused-ring (bicyclic) bond motifs is 2. The number of hydrogen-bond acceptors (Lipinski definition) is 2. The van der Waals surface area contributed by atoms with E-state index in [2.05, 4.69) is 39.8 Å². The predicted molar refractivity (Wildman–Crippen MR) is 110 cm³/mol. The first-order chi connectivity index (χ1) is 13.7. The second kappa shape index (κ2) is 6.48. The van der Waals surface area contributed by atoms with E-state index < -0.39 is 0 Å². The van der Waals surface area contributed by atoms with Gasteiger partial charge in [0.1, 0.15) is 0 Å². The highest BCUT2D eigenvalue weighted by Crippen LogP contribution is 2.53. The molecule has 4 heteroatoms. The second-order valence-corrected chi connectivity index (χ2v) is 10.4. The minimum absolute atomic E-state index is 0.212. The molecule has 2 N–H and O–H groups in total. The van der Waals surface area contributed by atoms with Crippen LogP contribution in [-0.2, 0) is 12.0 Å². The molecular formula is C24H33N3O. The molecule has 2 heterocycles. The number of nitrogens with zero attached hydrogens (tertiary/aromatic N) is 1. The number of carbonyl (C=O) groups excluding carboxylic acids is 1. The third-order valence-corrected chi connectivity index (χ3v) is 8.89. The number of carbonyl (C=O) groups is 1. The monoisotopic (exact) mass is 379 g/mol. The maximum absolute atomic E-state index is 13.1. The highest BCUT2D eigenvalue weighted by Gasteiger charge is 2.49. The van der Waals surface area contributed by atoms with Crippen LogP contribution in [-0.4, -0.2) is 36.6 Å². The molecule has 4 bridgehead atoms. The van der Waals surface area contributed by atoms with Gasteiger partial charge in [0.05, 0.1) is 0 Å². The fourth-order valence-electron chi connectivity index (χ4n) is 7.70. The molecule has 2 aliphatic heterocycles. The number of likely N-dealkylation sites (tertiary alicyclic amines) is 1. The maximum Gasteiger partial charge on any atom is 0.317 e. The summed E-state index contributed by atoms with van der Waals surface area (Å²) in [5.74, 6) is 3.44. The Bertz CT molecular complexity index is 739. The fraction of sp³-hybridized carbons (Fsp3) is 0.708. The summed E-state index contributed by atoms with van der Waals surface area (Å²) in [6.45, 7) is 3.80. The van der Waals surface area contributed by atoms with Gasteiger partial charge in [-0.2, -0.15) is 0 Å². The third-order valence-electron chi connectivity index (χ3n) is 8.89. The molecule has 4 aliphatic carbocycles. The van der Waals surface area contributed by atoms with Crippen LogP contribution in [0.1, 0.15) is 56.1 Å². The maximum atomic E-state index is 13.1. The van der Waals surface area contributed by atoms with Crippen LogP contribution < -0.4 is 10.6 Å². The molecule has 1 aromatic rings. The van der Waals surface area contributed by atoms with Crippen LogP contribution in [0.2, 0.25) is 0 Å². The summed E-state index contributed by atoms with van der Waals surface area (Å²) in [6.07, 6.45) is 9.08. The van der Waals surface area contributed by atoms with Crippen molar-refractivity contribution in [2.45, 2.75) is 62.9 Å². The predicted octanol–water partition coefficient (Wildman–Crippen LogP) is 3.66. The van der Waals surface area contributed by atoms with Crippen molar-refractivity contribution in [2.24, 2.45) is 23.7 Å². The van der Waals surface area contributed by atoms with E-state index in [4.69, 9.17) is 0 Å². The van der Waals surface area contributed by atoms with E-state index in [0.717, 1.165) is 62.7 Å². The quantitative estimate of drug-likeness (QED) is 0.782. The van der Waals surface area contributed by atoms with E-state index in [9.17, 15) is 4.79 Å². The van der Waals surface area contributed by atoms with Gasteiger partial charge in [-0.25, -0.2) is 4.79 Å². The van der Waals surface area contributed by atoms with E-state index in [1.807, 2.05) is 0 Å². The van der Waals surface area contributed by atoms with Crippen molar-refractivity contribution < 1.29 is 4.79 Å². The first kappa shape index (κ1) is 17.3. The Balaban J connectivity index is 1.12. The zero-order chi connectivity index (χ0) is 18.7. The number of hydrogen-bond donors (Lipinski definition) is 2. The average Bonchev–Trinajstić information content (AvgIpc) is 2.71. The standard InChI is InChI=1S/C24H33N3O/c28-23(26-22-19-10-16-9-17(12-19)13-20(22)11-16)27-7-5-24(6-8-27)15-25-14-18-3-1-2-4-21(18)24/h1-4,16-17,19-20,22,25H,5-15H2,(H,26,28). The van der Waals surface area contributed by atoms with Crippen LogP contribution >= 0.6 is 0 Å². The Morgan fingerprint density at radius 1 is 1.00 bits per heavy atom. The minimum Gasteiger partial charge on any atom is -0.335 e. The van der Waals surface area contributed by atoms with E-state index in [-0.39, 0.29) is 11.4 Å². The van der Waals surface area contributed by atoms with Gasteiger partial charge in [0, 0.05) is 37.6 Å². The summed E-state index contributed by atoms with van der Waals surface area (Å²) in [6, 6.07) is 9.57. The second-order valence-electron chi connectivity index (χ2n) is 10.4. The van der Waals surface area contributed by atoms with Gasteiger partial charge in [-0.1, -0.05) is 24.3 Å². The molecule has 1 spiro atoms. The Hall–Kier alpha value is -1.55. The van der Waals surface area contributed by atoms with Crippen molar-refractivity contribution in [2.75, 3.05) is 19.6 Å². The molecule has 28 heavy (non-hydrogen) atoms. The molecule has 6 aliphatic rings. The summed E-state index contributed by atoms with van der Waals surface area (Å²) in [7, 11) is 0. The molecule has 4 saturated carbocycles. The van der Waals surface area contributed by atoms with Crippen molar-refractivity contribution in [3.05, 3.63) is 35.4 Å². The zero-order valence-electron chi connectivity index (χ0n) is 16.8. The summed E-state index contributed by atoms with van der Waals surface area (Å²) < 4.78 is 0. The van der Waals surface area contributed by atoms with Crippen LogP contribution in [0, 0.1) is 23.7 Å². The number of benzene rings is 1. The van der Waals surface area contributed by atoms with Crippen molar-refractivity contribution in [1.82, 2.24) is 15.5 Å². The Morgan fingerprint density at radius 3 is 2.39 bits per heavy atom. The van der Waals surface area contributed by atoms with Gasteiger partial charge in [-0.3, -0.25) is 0 Å². The summed E-state index contributed by atoms with van der Waals surface area (Å²) >= 11 is 0. The van der Waals surface area contributed by atoms with Gasteiger partial charge < -0.3 is 15.5 Å². The molecule has 4 nitrogen and oxygen atoms in total. The number of piperidine rings is 1.